The molecule has 1 heterocycles. The summed E-state index contributed by atoms with van der Waals surface area (Å²) < 4.78 is 5.13. The van der Waals surface area contributed by atoms with Gasteiger partial charge in [0.1, 0.15) is 11.7 Å². The van der Waals surface area contributed by atoms with Gasteiger partial charge in [-0.05, 0) is 18.8 Å². The fourth-order valence-electron chi connectivity index (χ4n) is 2.57. The first-order valence-corrected chi connectivity index (χ1v) is 5.21. The van der Waals surface area contributed by atoms with E-state index in [0.717, 1.165) is 12.8 Å². The first-order valence-electron chi connectivity index (χ1n) is 5.21. The molecule has 0 aromatic rings. The SMILES string of the molecule is O[C@@H]1COC[C@@]1(O)C1CCCCC1. The van der Waals surface area contributed by atoms with E-state index in [0.29, 0.717) is 13.2 Å². The molecule has 1 aliphatic carbocycles. The number of ether oxygens (including phenoxy) is 1. The molecule has 0 spiro atoms. The van der Waals surface area contributed by atoms with Crippen molar-refractivity contribution in [2.75, 3.05) is 13.2 Å². The number of hydrogen-bond acceptors (Lipinski definition) is 3. The minimum atomic E-state index is -0.944. The lowest BCUT2D eigenvalue weighted by molar-refractivity contribution is -0.0948. The molecule has 2 rings (SSSR count). The molecule has 0 unspecified atom stereocenters. The van der Waals surface area contributed by atoms with E-state index in [4.69, 9.17) is 4.74 Å². The number of aliphatic hydroxyl groups excluding tert-OH is 1. The normalized spacial score (nSPS) is 42.5. The molecule has 3 nitrogen and oxygen atoms in total. The first kappa shape index (κ1) is 9.44. The first-order chi connectivity index (χ1) is 6.23. The summed E-state index contributed by atoms with van der Waals surface area (Å²) in [6.45, 7) is 0.617. The van der Waals surface area contributed by atoms with Gasteiger partial charge in [0.05, 0.1) is 13.2 Å². The molecule has 1 saturated carbocycles. The Kier molecular flexibility index (Phi) is 2.58. The molecule has 0 aromatic heterocycles. The third-order valence-electron chi connectivity index (χ3n) is 3.50. The van der Waals surface area contributed by atoms with E-state index in [1.54, 1.807) is 0 Å². The van der Waals surface area contributed by atoms with E-state index in [-0.39, 0.29) is 5.92 Å². The molecule has 0 bridgehead atoms. The maximum absolute atomic E-state index is 10.2. The van der Waals surface area contributed by atoms with E-state index >= 15 is 0 Å². The highest BCUT2D eigenvalue weighted by molar-refractivity contribution is 4.97. The van der Waals surface area contributed by atoms with Crippen molar-refractivity contribution in [3.05, 3.63) is 0 Å². The average molecular weight is 186 g/mol. The Balaban J connectivity index is 2.03. The minimum Gasteiger partial charge on any atom is -0.388 e. The molecule has 2 aliphatic rings. The van der Waals surface area contributed by atoms with Crippen molar-refractivity contribution in [3.8, 4) is 0 Å². The van der Waals surface area contributed by atoms with Crippen LogP contribution in [0.15, 0.2) is 0 Å². The van der Waals surface area contributed by atoms with Gasteiger partial charge in [-0.2, -0.15) is 0 Å². The summed E-state index contributed by atoms with van der Waals surface area (Å²) >= 11 is 0. The number of hydrogen-bond donors (Lipinski definition) is 2. The quantitative estimate of drug-likeness (QED) is 0.633. The third-order valence-corrected chi connectivity index (χ3v) is 3.50. The Morgan fingerprint density at radius 1 is 1.15 bits per heavy atom. The zero-order valence-electron chi connectivity index (χ0n) is 7.91. The largest absolute Gasteiger partial charge is 0.388 e. The van der Waals surface area contributed by atoms with Crippen LogP contribution in [0.1, 0.15) is 32.1 Å². The summed E-state index contributed by atoms with van der Waals surface area (Å²) in [6.07, 6.45) is 5.03. The fraction of sp³-hybridized carbons (Fsp3) is 1.00. The van der Waals surface area contributed by atoms with Crippen molar-refractivity contribution in [1.82, 2.24) is 0 Å². The van der Waals surface area contributed by atoms with Gasteiger partial charge in [-0.25, -0.2) is 0 Å². The van der Waals surface area contributed by atoms with Crippen LogP contribution in [0.4, 0.5) is 0 Å². The molecule has 76 valence electrons. The van der Waals surface area contributed by atoms with Gasteiger partial charge in [0.25, 0.3) is 0 Å². The van der Waals surface area contributed by atoms with Crippen molar-refractivity contribution < 1.29 is 14.9 Å². The van der Waals surface area contributed by atoms with Crippen LogP contribution in [-0.4, -0.2) is 35.1 Å². The summed E-state index contributed by atoms with van der Waals surface area (Å²) in [5.74, 6) is 0.249. The molecule has 2 atom stereocenters. The average Bonchev–Trinajstić information content (AvgIpc) is 2.50. The van der Waals surface area contributed by atoms with Crippen molar-refractivity contribution >= 4 is 0 Å². The van der Waals surface area contributed by atoms with Gasteiger partial charge in [0.2, 0.25) is 0 Å². The number of aliphatic hydroxyl groups is 2. The zero-order valence-corrected chi connectivity index (χ0v) is 7.91. The Morgan fingerprint density at radius 2 is 1.85 bits per heavy atom. The smallest absolute Gasteiger partial charge is 0.119 e. The topological polar surface area (TPSA) is 49.7 Å². The molecular formula is C10H18O3. The van der Waals surface area contributed by atoms with Gasteiger partial charge in [-0.3, -0.25) is 0 Å². The van der Waals surface area contributed by atoms with Crippen molar-refractivity contribution in [2.24, 2.45) is 5.92 Å². The standard InChI is InChI=1S/C10H18O3/c11-9-6-13-7-10(9,12)8-4-2-1-3-5-8/h8-9,11-12H,1-7H2/t9-,10-/m1/s1. The summed E-state index contributed by atoms with van der Waals surface area (Å²) in [5, 5.41) is 19.8. The van der Waals surface area contributed by atoms with Gasteiger partial charge in [0, 0.05) is 0 Å². The second kappa shape index (κ2) is 3.56. The van der Waals surface area contributed by atoms with Crippen LogP contribution in [0, 0.1) is 5.92 Å². The van der Waals surface area contributed by atoms with Gasteiger partial charge < -0.3 is 14.9 Å². The summed E-state index contributed by atoms with van der Waals surface area (Å²) in [4.78, 5) is 0. The molecule has 2 N–H and O–H groups in total. The second-order valence-corrected chi connectivity index (χ2v) is 4.36. The molecule has 0 radical (unpaired) electrons. The van der Waals surface area contributed by atoms with E-state index in [2.05, 4.69) is 0 Å². The van der Waals surface area contributed by atoms with E-state index in [1.165, 1.54) is 19.3 Å². The maximum atomic E-state index is 10.2. The Morgan fingerprint density at radius 3 is 2.38 bits per heavy atom. The molecule has 2 fully saturated rings. The van der Waals surface area contributed by atoms with Crippen LogP contribution in [0.2, 0.25) is 0 Å². The van der Waals surface area contributed by atoms with E-state index < -0.39 is 11.7 Å². The van der Waals surface area contributed by atoms with Crippen LogP contribution in [-0.2, 0) is 4.74 Å². The molecule has 1 saturated heterocycles. The van der Waals surface area contributed by atoms with Crippen molar-refractivity contribution in [1.29, 1.82) is 0 Å². The molecule has 3 heteroatoms. The highest BCUT2D eigenvalue weighted by Crippen LogP contribution is 2.37. The lowest BCUT2D eigenvalue weighted by Crippen LogP contribution is -2.48. The van der Waals surface area contributed by atoms with Crippen LogP contribution in [0.3, 0.4) is 0 Å². The summed E-state index contributed by atoms with van der Waals surface area (Å²) in [7, 11) is 0. The molecule has 0 aromatic carbocycles. The van der Waals surface area contributed by atoms with Gasteiger partial charge in [-0.15, -0.1) is 0 Å². The fourth-order valence-corrected chi connectivity index (χ4v) is 2.57. The highest BCUT2D eigenvalue weighted by Gasteiger charge is 2.47. The second-order valence-electron chi connectivity index (χ2n) is 4.36. The Bertz CT molecular complexity index is 177. The molecule has 1 aliphatic heterocycles. The Labute approximate surface area is 78.7 Å². The van der Waals surface area contributed by atoms with Gasteiger partial charge >= 0.3 is 0 Å². The van der Waals surface area contributed by atoms with E-state index in [1.807, 2.05) is 0 Å². The summed E-state index contributed by atoms with van der Waals surface area (Å²) in [5.41, 5.74) is -0.944. The highest BCUT2D eigenvalue weighted by atomic mass is 16.5. The minimum absolute atomic E-state index is 0.249. The molecule has 0 amide bonds. The lowest BCUT2D eigenvalue weighted by atomic mass is 9.75. The third kappa shape index (κ3) is 1.60. The zero-order chi connectivity index (χ0) is 9.31. The number of rotatable bonds is 1. The molecule has 13 heavy (non-hydrogen) atoms. The van der Waals surface area contributed by atoms with E-state index in [9.17, 15) is 10.2 Å². The Hall–Kier alpha value is -0.120. The van der Waals surface area contributed by atoms with Crippen LogP contribution >= 0.6 is 0 Å². The summed E-state index contributed by atoms with van der Waals surface area (Å²) in [6, 6.07) is 0. The predicted octanol–water partition coefficient (Wildman–Crippen LogP) is 0.689. The monoisotopic (exact) mass is 186 g/mol. The lowest BCUT2D eigenvalue weighted by Gasteiger charge is -2.36. The van der Waals surface area contributed by atoms with Crippen molar-refractivity contribution in [3.63, 3.8) is 0 Å². The molecular weight excluding hydrogens is 168 g/mol. The van der Waals surface area contributed by atoms with Gasteiger partial charge in [-0.1, -0.05) is 19.3 Å². The van der Waals surface area contributed by atoms with Crippen LogP contribution in [0.25, 0.3) is 0 Å². The maximum Gasteiger partial charge on any atom is 0.119 e. The van der Waals surface area contributed by atoms with Crippen LogP contribution in [0.5, 0.6) is 0 Å². The van der Waals surface area contributed by atoms with Gasteiger partial charge in [0.15, 0.2) is 0 Å². The van der Waals surface area contributed by atoms with Crippen LogP contribution < -0.4 is 0 Å². The predicted molar refractivity (Wildman–Crippen MR) is 48.4 cm³/mol. The van der Waals surface area contributed by atoms with Crippen molar-refractivity contribution in [2.45, 2.75) is 43.8 Å².